The van der Waals surface area contributed by atoms with Crippen LogP contribution in [0.15, 0.2) is 24.1 Å². The van der Waals surface area contributed by atoms with Crippen LogP contribution in [-0.2, 0) is 4.74 Å². The minimum Gasteiger partial charge on any atom is -0.457 e. The van der Waals surface area contributed by atoms with Gasteiger partial charge >= 0.3 is 5.97 Å². The van der Waals surface area contributed by atoms with E-state index in [4.69, 9.17) is 10.5 Å². The lowest BCUT2D eigenvalue weighted by atomic mass is 10.4. The molecule has 3 nitrogen and oxygen atoms in total. The summed E-state index contributed by atoms with van der Waals surface area (Å²) in [6, 6.07) is 1.68. The Morgan fingerprint density at radius 2 is 2.58 bits per heavy atom. The summed E-state index contributed by atoms with van der Waals surface area (Å²) in [4.78, 5) is 11.6. The highest BCUT2D eigenvalue weighted by atomic mass is 32.1. The Morgan fingerprint density at radius 3 is 3.08 bits per heavy atom. The fourth-order valence-electron chi connectivity index (χ4n) is 0.685. The highest BCUT2D eigenvalue weighted by Gasteiger charge is 2.11. The maximum Gasteiger partial charge on any atom is 0.350 e. The molecule has 0 aliphatic carbocycles. The number of rotatable bonds is 3. The van der Waals surface area contributed by atoms with Gasteiger partial charge in [-0.2, -0.15) is 0 Å². The molecular formula is C8H9NO2S. The van der Waals surface area contributed by atoms with Gasteiger partial charge in [0, 0.05) is 0 Å². The second kappa shape index (κ2) is 3.92. The van der Waals surface area contributed by atoms with Crippen LogP contribution in [-0.4, -0.2) is 12.6 Å². The normalized spacial score (nSPS) is 9.33. The summed E-state index contributed by atoms with van der Waals surface area (Å²) in [5, 5.41) is 1.75. The average Bonchev–Trinajstić information content (AvgIpc) is 2.47. The summed E-state index contributed by atoms with van der Waals surface area (Å²) < 4.78 is 4.79. The number of nitrogens with two attached hydrogens (primary N) is 1. The first-order valence-corrected chi connectivity index (χ1v) is 4.24. The Morgan fingerprint density at radius 1 is 1.83 bits per heavy atom. The van der Waals surface area contributed by atoms with Crippen LogP contribution in [0.25, 0.3) is 0 Å². The van der Waals surface area contributed by atoms with Crippen molar-refractivity contribution in [1.29, 1.82) is 0 Å². The predicted octanol–water partition coefficient (Wildman–Crippen LogP) is 1.67. The van der Waals surface area contributed by atoms with E-state index >= 15 is 0 Å². The van der Waals surface area contributed by atoms with Crippen molar-refractivity contribution in [2.75, 3.05) is 12.3 Å². The fourth-order valence-corrected chi connectivity index (χ4v) is 1.40. The van der Waals surface area contributed by atoms with E-state index in [1.165, 1.54) is 17.4 Å². The van der Waals surface area contributed by atoms with E-state index < -0.39 is 0 Å². The van der Waals surface area contributed by atoms with Gasteiger partial charge in [-0.25, -0.2) is 4.79 Å². The molecule has 64 valence electrons. The van der Waals surface area contributed by atoms with Gasteiger partial charge in [-0.05, 0) is 11.4 Å². The zero-order valence-electron chi connectivity index (χ0n) is 6.45. The minimum atomic E-state index is -0.387. The van der Waals surface area contributed by atoms with Gasteiger partial charge in [-0.15, -0.1) is 11.3 Å². The van der Waals surface area contributed by atoms with Crippen LogP contribution in [0.1, 0.15) is 9.67 Å². The first kappa shape index (κ1) is 8.80. The van der Waals surface area contributed by atoms with E-state index in [1.807, 2.05) is 0 Å². The zero-order chi connectivity index (χ0) is 8.97. The Bertz CT molecular complexity index is 293. The largest absolute Gasteiger partial charge is 0.457 e. The quantitative estimate of drug-likeness (QED) is 0.573. The Hall–Kier alpha value is -1.29. The molecule has 0 aromatic carbocycles. The minimum absolute atomic E-state index is 0.218. The van der Waals surface area contributed by atoms with E-state index in [0.29, 0.717) is 10.6 Å². The summed E-state index contributed by atoms with van der Waals surface area (Å²) in [6.07, 6.45) is 1.52. The maximum atomic E-state index is 11.1. The number of carbonyl (C=O) groups is 1. The molecule has 0 bridgehead atoms. The molecule has 4 heteroatoms. The van der Waals surface area contributed by atoms with Crippen molar-refractivity contribution >= 4 is 23.0 Å². The first-order valence-electron chi connectivity index (χ1n) is 3.36. The first-order chi connectivity index (χ1) is 5.75. The lowest BCUT2D eigenvalue weighted by Crippen LogP contribution is -2.04. The highest BCUT2D eigenvalue weighted by Crippen LogP contribution is 2.19. The van der Waals surface area contributed by atoms with Crippen LogP contribution in [0, 0.1) is 0 Å². The van der Waals surface area contributed by atoms with Crippen molar-refractivity contribution in [3.8, 4) is 0 Å². The summed E-state index contributed by atoms with van der Waals surface area (Å²) in [5.74, 6) is -0.387. The fraction of sp³-hybridized carbons (Fsp3) is 0.125. The Balaban J connectivity index is 2.65. The van der Waals surface area contributed by atoms with Crippen molar-refractivity contribution in [3.63, 3.8) is 0 Å². The Kier molecular flexibility index (Phi) is 2.88. The van der Waals surface area contributed by atoms with Gasteiger partial charge in [0.1, 0.15) is 11.5 Å². The molecule has 2 N–H and O–H groups in total. The monoisotopic (exact) mass is 183 g/mol. The molecule has 0 saturated carbocycles. The molecular weight excluding hydrogens is 174 g/mol. The molecule has 0 atom stereocenters. The van der Waals surface area contributed by atoms with Crippen LogP contribution in [0.4, 0.5) is 5.69 Å². The van der Waals surface area contributed by atoms with Gasteiger partial charge < -0.3 is 10.5 Å². The molecule has 0 saturated heterocycles. The van der Waals surface area contributed by atoms with Gasteiger partial charge in [0.05, 0.1) is 5.69 Å². The molecule has 0 aliphatic rings. The number of carbonyl (C=O) groups excluding carboxylic acids is 1. The van der Waals surface area contributed by atoms with Gasteiger partial charge in [0.2, 0.25) is 0 Å². The molecule has 1 aromatic rings. The summed E-state index contributed by atoms with van der Waals surface area (Å²) >= 11 is 1.27. The van der Waals surface area contributed by atoms with E-state index in [9.17, 15) is 4.79 Å². The maximum absolute atomic E-state index is 11.1. The zero-order valence-corrected chi connectivity index (χ0v) is 7.26. The number of anilines is 1. The van der Waals surface area contributed by atoms with Crippen LogP contribution in [0.5, 0.6) is 0 Å². The standard InChI is InChI=1S/C8H9NO2S/c1-2-4-11-8(10)7-6(9)3-5-12-7/h2-3,5H,1,4,9H2. The number of hydrogen-bond donors (Lipinski definition) is 1. The number of ether oxygens (including phenoxy) is 1. The van der Waals surface area contributed by atoms with Crippen LogP contribution < -0.4 is 5.73 Å². The number of hydrogen-bond acceptors (Lipinski definition) is 4. The third kappa shape index (κ3) is 1.85. The summed E-state index contributed by atoms with van der Waals surface area (Å²) in [7, 11) is 0. The third-order valence-corrected chi connectivity index (χ3v) is 2.12. The van der Waals surface area contributed by atoms with Crippen molar-refractivity contribution < 1.29 is 9.53 Å². The number of esters is 1. The van der Waals surface area contributed by atoms with Crippen molar-refractivity contribution in [3.05, 3.63) is 29.0 Å². The van der Waals surface area contributed by atoms with Gasteiger partial charge in [0.25, 0.3) is 0 Å². The second-order valence-corrected chi connectivity index (χ2v) is 3.01. The van der Waals surface area contributed by atoms with Crippen LogP contribution >= 0.6 is 11.3 Å². The lowest BCUT2D eigenvalue weighted by Gasteiger charge is -1.98. The van der Waals surface area contributed by atoms with E-state index in [2.05, 4.69) is 6.58 Å². The molecule has 0 aliphatic heterocycles. The van der Waals surface area contributed by atoms with E-state index in [1.54, 1.807) is 11.4 Å². The number of nitrogen functional groups attached to an aromatic ring is 1. The van der Waals surface area contributed by atoms with Crippen LogP contribution in [0.2, 0.25) is 0 Å². The molecule has 1 heterocycles. The predicted molar refractivity (Wildman–Crippen MR) is 49.2 cm³/mol. The van der Waals surface area contributed by atoms with Gasteiger partial charge in [0.15, 0.2) is 0 Å². The molecule has 12 heavy (non-hydrogen) atoms. The summed E-state index contributed by atoms with van der Waals surface area (Å²) in [6.45, 7) is 3.65. The molecule has 0 spiro atoms. The topological polar surface area (TPSA) is 52.3 Å². The molecule has 0 amide bonds. The molecule has 0 radical (unpaired) electrons. The molecule has 1 aromatic heterocycles. The molecule has 0 fully saturated rings. The van der Waals surface area contributed by atoms with Crippen molar-refractivity contribution in [2.24, 2.45) is 0 Å². The van der Waals surface area contributed by atoms with Gasteiger partial charge in [-0.3, -0.25) is 0 Å². The smallest absolute Gasteiger partial charge is 0.350 e. The van der Waals surface area contributed by atoms with Gasteiger partial charge in [-0.1, -0.05) is 12.7 Å². The van der Waals surface area contributed by atoms with E-state index in [-0.39, 0.29) is 12.6 Å². The Labute approximate surface area is 74.5 Å². The van der Waals surface area contributed by atoms with Crippen molar-refractivity contribution in [2.45, 2.75) is 0 Å². The number of thiophene rings is 1. The SMILES string of the molecule is C=CCOC(=O)c1sccc1N. The highest BCUT2D eigenvalue weighted by molar-refractivity contribution is 7.12. The third-order valence-electron chi connectivity index (χ3n) is 1.21. The average molecular weight is 183 g/mol. The summed E-state index contributed by atoms with van der Waals surface area (Å²) in [5.41, 5.74) is 5.96. The second-order valence-electron chi connectivity index (χ2n) is 2.09. The molecule has 0 unspecified atom stereocenters. The van der Waals surface area contributed by atoms with Crippen LogP contribution in [0.3, 0.4) is 0 Å². The molecule has 1 rings (SSSR count). The van der Waals surface area contributed by atoms with E-state index in [0.717, 1.165) is 0 Å². The van der Waals surface area contributed by atoms with Crippen molar-refractivity contribution in [1.82, 2.24) is 0 Å². The lowest BCUT2D eigenvalue weighted by molar-refractivity contribution is 0.0556.